The lowest BCUT2D eigenvalue weighted by Crippen LogP contribution is -2.35. The first-order chi connectivity index (χ1) is 15.5. The molecule has 4 rings (SSSR count). The molecule has 3 aromatic rings. The molecule has 2 aromatic carbocycles. The molecule has 0 spiro atoms. The summed E-state index contributed by atoms with van der Waals surface area (Å²) in [4.78, 5) is 20.7. The highest BCUT2D eigenvalue weighted by atomic mass is 32.1. The van der Waals surface area contributed by atoms with E-state index in [0.29, 0.717) is 48.2 Å². The third-order valence-corrected chi connectivity index (χ3v) is 6.62. The second-order valence-electron chi connectivity index (χ2n) is 8.05. The molecule has 1 fully saturated rings. The molecule has 32 heavy (non-hydrogen) atoms. The van der Waals surface area contributed by atoms with Crippen LogP contribution in [0.2, 0.25) is 0 Å². The summed E-state index contributed by atoms with van der Waals surface area (Å²) in [6, 6.07) is 12.2. The van der Waals surface area contributed by atoms with Crippen molar-refractivity contribution in [3.63, 3.8) is 0 Å². The van der Waals surface area contributed by atoms with Gasteiger partial charge in [-0.15, -0.1) is 11.3 Å². The van der Waals surface area contributed by atoms with E-state index in [2.05, 4.69) is 4.98 Å². The zero-order valence-electron chi connectivity index (χ0n) is 18.6. The Kier molecular flexibility index (Phi) is 6.74. The summed E-state index contributed by atoms with van der Waals surface area (Å²) in [5, 5.41) is 0.791. The SMILES string of the molecule is COc1ccc(CCN(CC2CC2)C(=O)c2nc(C)sc2-c2cccc(F)c2)cc1OC. The Balaban J connectivity index is 1.57. The fourth-order valence-corrected chi connectivity index (χ4v) is 4.64. The van der Waals surface area contributed by atoms with Crippen LogP contribution in [0, 0.1) is 18.7 Å². The summed E-state index contributed by atoms with van der Waals surface area (Å²) in [6.45, 7) is 3.16. The number of aromatic nitrogens is 1. The summed E-state index contributed by atoms with van der Waals surface area (Å²) in [5.74, 6) is 1.48. The number of carbonyl (C=O) groups is 1. The van der Waals surface area contributed by atoms with Gasteiger partial charge in [0, 0.05) is 13.1 Å². The van der Waals surface area contributed by atoms with Gasteiger partial charge in [0.25, 0.3) is 5.91 Å². The number of rotatable bonds is 9. The highest BCUT2D eigenvalue weighted by Crippen LogP contribution is 2.34. The minimum absolute atomic E-state index is 0.0963. The fourth-order valence-electron chi connectivity index (χ4n) is 3.74. The third kappa shape index (κ3) is 5.10. The lowest BCUT2D eigenvalue weighted by molar-refractivity contribution is 0.0745. The van der Waals surface area contributed by atoms with Gasteiger partial charge in [0.15, 0.2) is 11.5 Å². The second-order valence-corrected chi connectivity index (χ2v) is 9.26. The highest BCUT2D eigenvalue weighted by Gasteiger charge is 2.30. The van der Waals surface area contributed by atoms with Gasteiger partial charge in [-0.05, 0) is 67.5 Å². The van der Waals surface area contributed by atoms with Gasteiger partial charge in [0.05, 0.1) is 24.1 Å². The van der Waals surface area contributed by atoms with Gasteiger partial charge < -0.3 is 14.4 Å². The quantitative estimate of drug-likeness (QED) is 0.436. The fraction of sp³-hybridized carbons (Fsp3) is 0.360. The van der Waals surface area contributed by atoms with Crippen LogP contribution in [0.4, 0.5) is 4.39 Å². The minimum Gasteiger partial charge on any atom is -0.493 e. The highest BCUT2D eigenvalue weighted by molar-refractivity contribution is 7.15. The number of methoxy groups -OCH3 is 2. The maximum absolute atomic E-state index is 13.8. The van der Waals surface area contributed by atoms with E-state index in [-0.39, 0.29) is 11.7 Å². The summed E-state index contributed by atoms with van der Waals surface area (Å²) in [5.41, 5.74) is 2.16. The van der Waals surface area contributed by atoms with Crippen LogP contribution in [-0.2, 0) is 6.42 Å². The lowest BCUT2D eigenvalue weighted by atomic mass is 10.1. The molecule has 5 nitrogen and oxygen atoms in total. The summed E-state index contributed by atoms with van der Waals surface area (Å²) < 4.78 is 24.5. The van der Waals surface area contributed by atoms with Gasteiger partial charge in [-0.2, -0.15) is 0 Å². The molecular weight excluding hydrogens is 427 g/mol. The van der Waals surface area contributed by atoms with E-state index in [1.807, 2.05) is 36.1 Å². The first-order valence-corrected chi connectivity index (χ1v) is 11.5. The number of ether oxygens (including phenoxy) is 2. The molecule has 0 saturated heterocycles. The Morgan fingerprint density at radius 2 is 1.94 bits per heavy atom. The predicted molar refractivity (Wildman–Crippen MR) is 124 cm³/mol. The number of halogens is 1. The molecule has 1 amide bonds. The van der Waals surface area contributed by atoms with Crippen molar-refractivity contribution in [3.8, 4) is 21.9 Å². The molecule has 0 N–H and O–H groups in total. The number of benzene rings is 2. The van der Waals surface area contributed by atoms with Crippen molar-refractivity contribution in [1.82, 2.24) is 9.88 Å². The second kappa shape index (κ2) is 9.69. The molecule has 1 saturated carbocycles. The van der Waals surface area contributed by atoms with E-state index in [9.17, 15) is 9.18 Å². The van der Waals surface area contributed by atoms with Crippen molar-refractivity contribution in [1.29, 1.82) is 0 Å². The van der Waals surface area contributed by atoms with Crippen LogP contribution in [0.5, 0.6) is 11.5 Å². The van der Waals surface area contributed by atoms with E-state index in [1.54, 1.807) is 20.3 Å². The van der Waals surface area contributed by atoms with Crippen LogP contribution in [0.15, 0.2) is 42.5 Å². The molecule has 1 aliphatic carbocycles. The number of carbonyl (C=O) groups excluding carboxylic acids is 1. The van der Waals surface area contributed by atoms with Crippen molar-refractivity contribution in [2.24, 2.45) is 5.92 Å². The summed E-state index contributed by atoms with van der Waals surface area (Å²) in [7, 11) is 3.22. The Bertz CT molecular complexity index is 1110. The Morgan fingerprint density at radius 1 is 1.16 bits per heavy atom. The monoisotopic (exact) mass is 454 g/mol. The van der Waals surface area contributed by atoms with Crippen LogP contribution in [-0.4, -0.2) is 43.1 Å². The number of thiazole rings is 1. The van der Waals surface area contributed by atoms with Crippen LogP contribution in [0.25, 0.3) is 10.4 Å². The van der Waals surface area contributed by atoms with Gasteiger partial charge in [-0.1, -0.05) is 18.2 Å². The molecule has 0 aliphatic heterocycles. The first kappa shape index (κ1) is 22.3. The van der Waals surface area contributed by atoms with Gasteiger partial charge in [0.1, 0.15) is 11.5 Å². The summed E-state index contributed by atoms with van der Waals surface area (Å²) >= 11 is 1.42. The summed E-state index contributed by atoms with van der Waals surface area (Å²) in [6.07, 6.45) is 2.98. The maximum Gasteiger partial charge on any atom is 0.274 e. The third-order valence-electron chi connectivity index (χ3n) is 5.60. The largest absolute Gasteiger partial charge is 0.493 e. The maximum atomic E-state index is 13.8. The van der Waals surface area contributed by atoms with Crippen LogP contribution in [0.1, 0.15) is 33.9 Å². The zero-order valence-corrected chi connectivity index (χ0v) is 19.4. The molecule has 1 aliphatic rings. The minimum atomic E-state index is -0.324. The number of amides is 1. The van der Waals surface area contributed by atoms with Crippen LogP contribution < -0.4 is 9.47 Å². The number of hydrogen-bond acceptors (Lipinski definition) is 5. The van der Waals surface area contributed by atoms with E-state index in [4.69, 9.17) is 9.47 Å². The molecule has 1 aromatic heterocycles. The Hall–Kier alpha value is -2.93. The van der Waals surface area contributed by atoms with Crippen molar-refractivity contribution in [3.05, 3.63) is 64.5 Å². The van der Waals surface area contributed by atoms with Crippen molar-refractivity contribution < 1.29 is 18.7 Å². The Labute approximate surface area is 191 Å². The topological polar surface area (TPSA) is 51.7 Å². The molecule has 1 heterocycles. The van der Waals surface area contributed by atoms with Crippen molar-refractivity contribution >= 4 is 17.2 Å². The predicted octanol–water partition coefficient (Wildman–Crippen LogP) is 5.37. The zero-order chi connectivity index (χ0) is 22.7. The van der Waals surface area contributed by atoms with Gasteiger partial charge in [-0.3, -0.25) is 4.79 Å². The molecular formula is C25H27FN2O3S. The van der Waals surface area contributed by atoms with Gasteiger partial charge in [-0.25, -0.2) is 9.37 Å². The normalized spacial score (nSPS) is 13.1. The lowest BCUT2D eigenvalue weighted by Gasteiger charge is -2.23. The standard InChI is InChI=1S/C25H27FN2O3S/c1-16-27-23(24(32-16)19-5-4-6-20(26)14-19)25(29)28(15-18-7-8-18)12-11-17-9-10-21(30-2)22(13-17)31-3/h4-6,9-10,13-14,18H,7-8,11-12,15H2,1-3H3. The van der Waals surface area contributed by atoms with Crippen molar-refractivity contribution in [2.75, 3.05) is 27.3 Å². The number of aryl methyl sites for hydroxylation is 1. The Morgan fingerprint density at radius 3 is 2.62 bits per heavy atom. The first-order valence-electron chi connectivity index (χ1n) is 10.7. The number of nitrogens with zero attached hydrogens (tertiary/aromatic N) is 2. The van der Waals surface area contributed by atoms with Crippen molar-refractivity contribution in [2.45, 2.75) is 26.2 Å². The molecule has 0 unspecified atom stereocenters. The number of hydrogen-bond donors (Lipinski definition) is 0. The van der Waals surface area contributed by atoms with E-state index >= 15 is 0 Å². The molecule has 0 atom stereocenters. The van der Waals surface area contributed by atoms with Gasteiger partial charge in [0.2, 0.25) is 0 Å². The molecule has 0 radical (unpaired) electrons. The molecule has 7 heteroatoms. The van der Waals surface area contributed by atoms with E-state index in [0.717, 1.165) is 28.3 Å². The van der Waals surface area contributed by atoms with E-state index in [1.165, 1.54) is 23.5 Å². The molecule has 168 valence electrons. The van der Waals surface area contributed by atoms with Crippen LogP contribution >= 0.6 is 11.3 Å². The van der Waals surface area contributed by atoms with Crippen LogP contribution in [0.3, 0.4) is 0 Å². The van der Waals surface area contributed by atoms with E-state index < -0.39 is 0 Å². The molecule has 0 bridgehead atoms. The smallest absolute Gasteiger partial charge is 0.274 e. The average Bonchev–Trinajstić information content (AvgIpc) is 3.54. The average molecular weight is 455 g/mol. The van der Waals surface area contributed by atoms with Gasteiger partial charge >= 0.3 is 0 Å².